The molecule has 0 saturated heterocycles. The summed E-state index contributed by atoms with van der Waals surface area (Å²) in [5.41, 5.74) is 0.616. The van der Waals surface area contributed by atoms with Gasteiger partial charge in [0, 0.05) is 17.8 Å². The summed E-state index contributed by atoms with van der Waals surface area (Å²) in [4.78, 5) is 72.5. The Morgan fingerprint density at radius 2 is 1.74 bits per heavy atom. The molecule has 1 aromatic carbocycles. The molecular formula is C21H17N3O9S. The second-order valence-corrected chi connectivity index (χ2v) is 8.56. The van der Waals surface area contributed by atoms with Gasteiger partial charge in [0.1, 0.15) is 11.5 Å². The molecule has 0 radical (unpaired) electrons. The number of aliphatic carboxylic acids is 1. The van der Waals surface area contributed by atoms with Crippen molar-refractivity contribution < 1.29 is 43.7 Å². The number of thiophene rings is 1. The maximum atomic E-state index is 12.4. The van der Waals surface area contributed by atoms with Crippen molar-refractivity contribution in [2.24, 2.45) is 0 Å². The van der Waals surface area contributed by atoms with Crippen LogP contribution in [-0.2, 0) is 32.1 Å². The fourth-order valence-corrected chi connectivity index (χ4v) is 4.87. The highest BCUT2D eigenvalue weighted by Crippen LogP contribution is 2.37. The molecule has 0 aliphatic carbocycles. The number of rotatable bonds is 6. The monoisotopic (exact) mass is 487 g/mol. The molecule has 0 saturated carbocycles. The molecule has 2 aliphatic heterocycles. The number of carboxylic acids is 2. The summed E-state index contributed by atoms with van der Waals surface area (Å²) < 4.78 is 5.64. The van der Waals surface area contributed by atoms with Crippen LogP contribution in [0.3, 0.4) is 0 Å². The minimum absolute atomic E-state index is 0.00215. The predicted octanol–water partition coefficient (Wildman–Crippen LogP) is 0.323. The van der Waals surface area contributed by atoms with Crippen LogP contribution >= 0.6 is 11.3 Å². The smallest absolute Gasteiger partial charge is 0.394 e. The average Bonchev–Trinajstić information content (AvgIpc) is 3.27. The highest BCUT2D eigenvalue weighted by molar-refractivity contribution is 7.17. The lowest BCUT2D eigenvalue weighted by molar-refractivity contribution is -0.147. The molecule has 2 aromatic rings. The van der Waals surface area contributed by atoms with E-state index in [-0.39, 0.29) is 41.3 Å². The first-order valence-corrected chi connectivity index (χ1v) is 10.7. The zero-order valence-corrected chi connectivity index (χ0v) is 18.1. The third kappa shape index (κ3) is 4.25. The van der Waals surface area contributed by atoms with Crippen molar-refractivity contribution in [2.75, 3.05) is 18.4 Å². The number of carboxylic acid groups (broad SMARTS) is 2. The lowest BCUT2D eigenvalue weighted by Gasteiger charge is -2.24. The molecule has 34 heavy (non-hydrogen) atoms. The Kier molecular flexibility index (Phi) is 6.13. The number of anilines is 1. The van der Waals surface area contributed by atoms with E-state index in [1.54, 1.807) is 12.1 Å². The van der Waals surface area contributed by atoms with E-state index in [4.69, 9.17) is 9.84 Å². The first-order valence-electron chi connectivity index (χ1n) is 9.93. The average molecular weight is 487 g/mol. The minimum atomic E-state index is -1.75. The first-order chi connectivity index (χ1) is 16.2. The number of hydrogen-bond donors (Lipinski definition) is 4. The molecule has 1 unspecified atom stereocenters. The molecule has 4 rings (SSSR count). The van der Waals surface area contributed by atoms with Gasteiger partial charge in [0.05, 0.1) is 29.4 Å². The van der Waals surface area contributed by atoms with Gasteiger partial charge < -0.3 is 25.6 Å². The number of amides is 4. The number of nitrogens with one attached hydrogen (secondary N) is 2. The number of benzene rings is 1. The number of imide groups is 1. The summed E-state index contributed by atoms with van der Waals surface area (Å²) in [7, 11) is 0. The molecule has 2 aliphatic rings. The SMILES string of the molecule is O=C(CN1C(=O)c2ccccc2C1=O)NCC1Cc2c(sc(NC(=O)C(=O)O)c2C(=O)O)CO1. The number of nitrogens with zero attached hydrogens (tertiary/aromatic N) is 1. The summed E-state index contributed by atoms with van der Waals surface area (Å²) in [6.07, 6.45) is -0.529. The van der Waals surface area contributed by atoms with E-state index in [1.807, 2.05) is 0 Å². The zero-order chi connectivity index (χ0) is 24.6. The molecule has 4 N–H and O–H groups in total. The van der Waals surface area contributed by atoms with Gasteiger partial charge in [-0.1, -0.05) is 12.1 Å². The molecule has 4 amide bonds. The Balaban J connectivity index is 1.39. The molecule has 0 bridgehead atoms. The van der Waals surface area contributed by atoms with Crippen LogP contribution < -0.4 is 10.6 Å². The number of aromatic carboxylic acids is 1. The summed E-state index contributed by atoms with van der Waals surface area (Å²) in [6, 6.07) is 6.26. The standard InChI is InChI=1S/C21H17N3O9S/c25-14(7-24-18(27)10-3-1-2-4-11(10)19(24)28)22-6-9-5-12-13(8-33-9)34-17(15(12)20(29)30)23-16(26)21(31)32/h1-4,9H,5-8H2,(H,22,25)(H,23,26)(H,29,30)(H,31,32). The first kappa shape index (κ1) is 23.1. The van der Waals surface area contributed by atoms with E-state index in [9.17, 15) is 33.9 Å². The molecule has 176 valence electrons. The summed E-state index contributed by atoms with van der Waals surface area (Å²) in [6.45, 7) is -0.496. The van der Waals surface area contributed by atoms with Gasteiger partial charge in [-0.25, -0.2) is 9.59 Å². The second-order valence-electron chi connectivity index (χ2n) is 7.46. The van der Waals surface area contributed by atoms with E-state index in [0.717, 1.165) is 16.2 Å². The van der Waals surface area contributed by atoms with Crippen LogP contribution in [0.25, 0.3) is 0 Å². The maximum Gasteiger partial charge on any atom is 0.394 e. The van der Waals surface area contributed by atoms with Crippen molar-refractivity contribution in [3.05, 3.63) is 51.4 Å². The van der Waals surface area contributed by atoms with Crippen LogP contribution in [0.1, 0.15) is 41.5 Å². The van der Waals surface area contributed by atoms with Gasteiger partial charge >= 0.3 is 17.8 Å². The highest BCUT2D eigenvalue weighted by Gasteiger charge is 2.36. The third-order valence-corrected chi connectivity index (χ3v) is 6.44. The molecule has 3 heterocycles. The summed E-state index contributed by atoms with van der Waals surface area (Å²) >= 11 is 0.908. The van der Waals surface area contributed by atoms with Crippen LogP contribution in [0, 0.1) is 0 Å². The van der Waals surface area contributed by atoms with Crippen LogP contribution in [0.4, 0.5) is 5.00 Å². The topological polar surface area (TPSA) is 179 Å². The zero-order valence-electron chi connectivity index (χ0n) is 17.3. The van der Waals surface area contributed by atoms with Crippen LogP contribution in [0.2, 0.25) is 0 Å². The van der Waals surface area contributed by atoms with E-state index in [0.29, 0.717) is 10.4 Å². The van der Waals surface area contributed by atoms with Crippen molar-refractivity contribution in [1.82, 2.24) is 10.2 Å². The van der Waals surface area contributed by atoms with Crippen molar-refractivity contribution in [3.63, 3.8) is 0 Å². The van der Waals surface area contributed by atoms with E-state index in [1.165, 1.54) is 12.1 Å². The quantitative estimate of drug-likeness (QED) is 0.330. The van der Waals surface area contributed by atoms with E-state index in [2.05, 4.69) is 10.6 Å². The number of hydrogen-bond acceptors (Lipinski definition) is 8. The molecular weight excluding hydrogens is 470 g/mol. The third-order valence-electron chi connectivity index (χ3n) is 5.31. The maximum absolute atomic E-state index is 12.4. The Hall–Kier alpha value is -4.10. The van der Waals surface area contributed by atoms with E-state index < -0.39 is 48.2 Å². The fourth-order valence-electron chi connectivity index (χ4n) is 3.74. The second kappa shape index (κ2) is 9.03. The van der Waals surface area contributed by atoms with Gasteiger partial charge in [0.15, 0.2) is 0 Å². The number of carbonyl (C=O) groups is 6. The van der Waals surface area contributed by atoms with Gasteiger partial charge in [0.2, 0.25) is 5.91 Å². The van der Waals surface area contributed by atoms with E-state index >= 15 is 0 Å². The van der Waals surface area contributed by atoms with Gasteiger partial charge in [0.25, 0.3) is 11.8 Å². The number of carbonyl (C=O) groups excluding carboxylic acids is 4. The number of ether oxygens (including phenoxy) is 1. The summed E-state index contributed by atoms with van der Waals surface area (Å²) in [5, 5.41) is 22.9. The van der Waals surface area contributed by atoms with Crippen molar-refractivity contribution in [1.29, 1.82) is 0 Å². The largest absolute Gasteiger partial charge is 0.478 e. The Labute approximate surface area is 195 Å². The molecule has 12 nitrogen and oxygen atoms in total. The Morgan fingerprint density at radius 3 is 2.32 bits per heavy atom. The van der Waals surface area contributed by atoms with Gasteiger partial charge in [-0.2, -0.15) is 0 Å². The van der Waals surface area contributed by atoms with Crippen molar-refractivity contribution >= 4 is 51.9 Å². The van der Waals surface area contributed by atoms with Crippen LogP contribution in [-0.4, -0.2) is 69.9 Å². The van der Waals surface area contributed by atoms with Crippen LogP contribution in [0.15, 0.2) is 24.3 Å². The van der Waals surface area contributed by atoms with Gasteiger partial charge in [-0.05, 0) is 17.7 Å². The number of fused-ring (bicyclic) bond motifs is 2. The minimum Gasteiger partial charge on any atom is -0.478 e. The Bertz CT molecular complexity index is 1220. The van der Waals surface area contributed by atoms with Crippen LogP contribution in [0.5, 0.6) is 0 Å². The molecule has 0 fully saturated rings. The molecule has 1 atom stereocenters. The van der Waals surface area contributed by atoms with Gasteiger partial charge in [-0.3, -0.25) is 24.1 Å². The fraction of sp³-hybridized carbons (Fsp3) is 0.238. The lowest BCUT2D eigenvalue weighted by Crippen LogP contribution is -2.43. The molecule has 0 spiro atoms. The highest BCUT2D eigenvalue weighted by atomic mass is 32.1. The van der Waals surface area contributed by atoms with Gasteiger partial charge in [-0.15, -0.1) is 11.3 Å². The molecule has 1 aromatic heterocycles. The molecule has 13 heteroatoms. The Morgan fingerprint density at radius 1 is 1.09 bits per heavy atom. The normalized spacial score (nSPS) is 16.6. The van der Waals surface area contributed by atoms with Crippen molar-refractivity contribution in [3.8, 4) is 0 Å². The summed E-state index contributed by atoms with van der Waals surface area (Å²) in [5.74, 6) is -6.17. The van der Waals surface area contributed by atoms with Crippen molar-refractivity contribution in [2.45, 2.75) is 19.1 Å². The lowest BCUT2D eigenvalue weighted by atomic mass is 10.0. The predicted molar refractivity (Wildman–Crippen MR) is 115 cm³/mol.